The quantitative estimate of drug-likeness (QED) is 0.428. The molecule has 3 aromatic carbocycles. The molecule has 0 aliphatic carbocycles. The number of nitrogens with zero attached hydrogens (tertiary/aromatic N) is 2. The van der Waals surface area contributed by atoms with Crippen molar-refractivity contribution in [3.63, 3.8) is 0 Å². The first kappa shape index (κ1) is 24.5. The van der Waals surface area contributed by atoms with Crippen molar-refractivity contribution in [1.29, 1.82) is 0 Å². The van der Waals surface area contributed by atoms with E-state index in [1.54, 1.807) is 0 Å². The van der Waals surface area contributed by atoms with Crippen molar-refractivity contribution < 1.29 is 4.74 Å². The first-order valence-electron chi connectivity index (χ1n) is 12.5. The second kappa shape index (κ2) is 11.7. The van der Waals surface area contributed by atoms with Crippen LogP contribution in [0.1, 0.15) is 42.1 Å². The van der Waals surface area contributed by atoms with E-state index in [1.165, 1.54) is 22.4 Å². The summed E-state index contributed by atoms with van der Waals surface area (Å²) in [6, 6.07) is 30.5. The summed E-state index contributed by atoms with van der Waals surface area (Å²) in [5, 5.41) is 3.25. The summed E-state index contributed by atoms with van der Waals surface area (Å²) in [6.45, 7) is 3.65. The third-order valence-corrected chi connectivity index (χ3v) is 7.31. The predicted molar refractivity (Wildman–Crippen MR) is 142 cm³/mol. The zero-order chi connectivity index (χ0) is 23.8. The molecule has 1 atom stereocenters. The average Bonchev–Trinajstić information content (AvgIpc) is 2.90. The summed E-state index contributed by atoms with van der Waals surface area (Å²) in [5.41, 5.74) is 5.30. The van der Waals surface area contributed by atoms with Crippen molar-refractivity contribution in [3.05, 3.63) is 102 Å². The molecular weight excluding hydrogens is 418 g/mol. The lowest BCUT2D eigenvalue weighted by atomic mass is 9.79. The smallest absolute Gasteiger partial charge is 0.0841 e. The number of nitrogens with one attached hydrogen (secondary N) is 1. The van der Waals surface area contributed by atoms with Crippen LogP contribution in [0.5, 0.6) is 0 Å². The van der Waals surface area contributed by atoms with Crippen LogP contribution >= 0.6 is 0 Å². The summed E-state index contributed by atoms with van der Waals surface area (Å²) in [7, 11) is 6.43. The summed E-state index contributed by atoms with van der Waals surface area (Å²) in [6.07, 6.45) is 3.28. The SMILES string of the molecule is CNCCC(OCc1cccc(N2CCC(c3ccccc3)(N(C)C)CC2)c1)c1ccccc1. The van der Waals surface area contributed by atoms with Gasteiger partial charge < -0.3 is 15.0 Å². The van der Waals surface area contributed by atoms with Crippen LogP contribution in [0.3, 0.4) is 0 Å². The van der Waals surface area contributed by atoms with Crippen LogP contribution in [-0.2, 0) is 16.9 Å². The Morgan fingerprint density at radius 2 is 1.59 bits per heavy atom. The van der Waals surface area contributed by atoms with Gasteiger partial charge >= 0.3 is 0 Å². The lowest BCUT2D eigenvalue weighted by molar-refractivity contribution is 0.0344. The van der Waals surface area contributed by atoms with Gasteiger partial charge in [0.15, 0.2) is 0 Å². The maximum Gasteiger partial charge on any atom is 0.0841 e. The number of ether oxygens (including phenoxy) is 1. The molecule has 1 N–H and O–H groups in total. The highest BCUT2D eigenvalue weighted by molar-refractivity contribution is 5.49. The monoisotopic (exact) mass is 457 g/mol. The molecule has 0 aromatic heterocycles. The van der Waals surface area contributed by atoms with Crippen LogP contribution in [0.2, 0.25) is 0 Å². The van der Waals surface area contributed by atoms with Gasteiger partial charge in [0.25, 0.3) is 0 Å². The van der Waals surface area contributed by atoms with Gasteiger partial charge in [0, 0.05) is 24.3 Å². The molecule has 1 saturated heterocycles. The van der Waals surface area contributed by atoms with Crippen LogP contribution in [0.4, 0.5) is 5.69 Å². The Kier molecular flexibility index (Phi) is 8.39. The lowest BCUT2D eigenvalue weighted by Crippen LogP contribution is -2.50. The zero-order valence-corrected chi connectivity index (χ0v) is 20.9. The van der Waals surface area contributed by atoms with Gasteiger partial charge in [-0.3, -0.25) is 4.90 Å². The lowest BCUT2D eigenvalue weighted by Gasteiger charge is -2.47. The Morgan fingerprint density at radius 3 is 2.24 bits per heavy atom. The molecule has 0 bridgehead atoms. The van der Waals surface area contributed by atoms with Crippen LogP contribution in [-0.4, -0.2) is 45.7 Å². The van der Waals surface area contributed by atoms with Crippen molar-refractivity contribution in [3.8, 4) is 0 Å². The first-order chi connectivity index (χ1) is 16.6. The molecule has 4 rings (SSSR count). The standard InChI is InChI=1S/C30H39N3O/c1-31-20-17-29(26-12-6-4-7-13-26)34-24-25-11-10-16-28(23-25)33-21-18-30(19-22-33,32(2)3)27-14-8-5-9-15-27/h4-16,23,29,31H,17-22,24H2,1-3H3. The molecule has 0 saturated carbocycles. The topological polar surface area (TPSA) is 27.7 Å². The minimum absolute atomic E-state index is 0.0962. The van der Waals surface area contributed by atoms with E-state index in [-0.39, 0.29) is 11.6 Å². The van der Waals surface area contributed by atoms with Gasteiger partial charge in [-0.05, 0) is 75.8 Å². The van der Waals surface area contributed by atoms with E-state index in [0.29, 0.717) is 6.61 Å². The molecule has 34 heavy (non-hydrogen) atoms. The summed E-state index contributed by atoms with van der Waals surface area (Å²) >= 11 is 0. The zero-order valence-electron chi connectivity index (χ0n) is 20.9. The fourth-order valence-electron chi connectivity index (χ4n) is 5.21. The van der Waals surface area contributed by atoms with Crippen LogP contribution in [0, 0.1) is 0 Å². The molecule has 3 aromatic rings. The third-order valence-electron chi connectivity index (χ3n) is 7.31. The largest absolute Gasteiger partial charge is 0.371 e. The number of hydrogen-bond acceptors (Lipinski definition) is 4. The third kappa shape index (κ3) is 5.69. The average molecular weight is 458 g/mol. The fraction of sp³-hybridized carbons (Fsp3) is 0.400. The van der Waals surface area contributed by atoms with E-state index in [2.05, 4.69) is 114 Å². The minimum atomic E-state index is 0.0962. The fourth-order valence-corrected chi connectivity index (χ4v) is 5.21. The number of piperidine rings is 1. The van der Waals surface area contributed by atoms with Crippen molar-refractivity contribution >= 4 is 5.69 Å². The van der Waals surface area contributed by atoms with E-state index < -0.39 is 0 Å². The molecule has 1 heterocycles. The van der Waals surface area contributed by atoms with Gasteiger partial charge in [-0.15, -0.1) is 0 Å². The van der Waals surface area contributed by atoms with Gasteiger partial charge in [-0.25, -0.2) is 0 Å². The highest BCUT2D eigenvalue weighted by atomic mass is 16.5. The van der Waals surface area contributed by atoms with Gasteiger partial charge in [-0.1, -0.05) is 72.8 Å². The normalized spacial score (nSPS) is 16.5. The van der Waals surface area contributed by atoms with Crippen LogP contribution in [0.25, 0.3) is 0 Å². The summed E-state index contributed by atoms with van der Waals surface area (Å²) < 4.78 is 6.42. The molecule has 4 nitrogen and oxygen atoms in total. The van der Waals surface area contributed by atoms with Gasteiger partial charge in [-0.2, -0.15) is 0 Å². The number of rotatable bonds is 10. The highest BCUT2D eigenvalue weighted by Gasteiger charge is 2.38. The van der Waals surface area contributed by atoms with E-state index in [0.717, 1.165) is 38.9 Å². The van der Waals surface area contributed by atoms with Gasteiger partial charge in [0.2, 0.25) is 0 Å². The Labute approximate surface area is 205 Å². The maximum atomic E-state index is 6.42. The maximum absolute atomic E-state index is 6.42. The number of anilines is 1. The summed E-state index contributed by atoms with van der Waals surface area (Å²) in [5.74, 6) is 0. The van der Waals surface area contributed by atoms with Crippen LogP contribution < -0.4 is 10.2 Å². The molecule has 4 heteroatoms. The van der Waals surface area contributed by atoms with E-state index in [1.807, 2.05) is 7.05 Å². The molecule has 180 valence electrons. The van der Waals surface area contributed by atoms with Crippen molar-refractivity contribution in [1.82, 2.24) is 10.2 Å². The Bertz CT molecular complexity index is 998. The molecule has 1 aliphatic rings. The molecule has 0 radical (unpaired) electrons. The molecule has 1 unspecified atom stereocenters. The van der Waals surface area contributed by atoms with Crippen molar-refractivity contribution in [2.75, 3.05) is 45.7 Å². The Hall–Kier alpha value is -2.66. The molecule has 0 spiro atoms. The molecule has 1 aliphatic heterocycles. The number of hydrogen-bond donors (Lipinski definition) is 1. The van der Waals surface area contributed by atoms with Gasteiger partial charge in [0.1, 0.15) is 0 Å². The number of benzene rings is 3. The Morgan fingerprint density at radius 1 is 0.912 bits per heavy atom. The van der Waals surface area contributed by atoms with Gasteiger partial charge in [0.05, 0.1) is 12.7 Å². The van der Waals surface area contributed by atoms with E-state index >= 15 is 0 Å². The molecule has 1 fully saturated rings. The molecule has 0 amide bonds. The van der Waals surface area contributed by atoms with E-state index in [9.17, 15) is 0 Å². The van der Waals surface area contributed by atoms with E-state index in [4.69, 9.17) is 4.74 Å². The Balaban J connectivity index is 1.42. The second-order valence-electron chi connectivity index (χ2n) is 9.55. The highest BCUT2D eigenvalue weighted by Crippen LogP contribution is 2.38. The summed E-state index contributed by atoms with van der Waals surface area (Å²) in [4.78, 5) is 4.95. The molecular formula is C30H39N3O. The van der Waals surface area contributed by atoms with Crippen LogP contribution in [0.15, 0.2) is 84.9 Å². The van der Waals surface area contributed by atoms with Crippen molar-refractivity contribution in [2.45, 2.75) is 37.5 Å². The van der Waals surface area contributed by atoms with Crippen molar-refractivity contribution in [2.24, 2.45) is 0 Å². The predicted octanol–water partition coefficient (Wildman–Crippen LogP) is 5.61. The first-order valence-corrected chi connectivity index (χ1v) is 12.5. The minimum Gasteiger partial charge on any atom is -0.371 e. The second-order valence-corrected chi connectivity index (χ2v) is 9.55.